The summed E-state index contributed by atoms with van der Waals surface area (Å²) in [5, 5.41) is 7.55. The lowest BCUT2D eigenvalue weighted by Gasteiger charge is -1.98. The maximum Gasteiger partial charge on any atom is 0.264 e. The molecule has 18 heavy (non-hydrogen) atoms. The van der Waals surface area contributed by atoms with Crippen LogP contribution >= 0.6 is 0 Å². The van der Waals surface area contributed by atoms with Gasteiger partial charge in [-0.3, -0.25) is 4.79 Å². The van der Waals surface area contributed by atoms with Crippen molar-refractivity contribution in [3.63, 3.8) is 0 Å². The summed E-state index contributed by atoms with van der Waals surface area (Å²) in [4.78, 5) is 11.0. The van der Waals surface area contributed by atoms with Gasteiger partial charge >= 0.3 is 0 Å². The lowest BCUT2D eigenvalue weighted by atomic mass is 10.1. The number of nitrogens with one attached hydrogen (secondary N) is 1. The van der Waals surface area contributed by atoms with Crippen LogP contribution in [-0.4, -0.2) is 10.2 Å². The van der Waals surface area contributed by atoms with Gasteiger partial charge in [0, 0.05) is 17.0 Å². The highest BCUT2D eigenvalue weighted by Gasteiger charge is 2.14. The molecule has 0 bridgehead atoms. The van der Waals surface area contributed by atoms with Gasteiger partial charge in [-0.2, -0.15) is 5.10 Å². The lowest BCUT2D eigenvalue weighted by molar-refractivity contribution is 0.622. The number of nitrogens with zero attached hydrogens (tertiary/aromatic N) is 1. The Kier molecular flexibility index (Phi) is 2.48. The number of H-pyrrole nitrogens is 1. The molecular weight excluding hydrogens is 228 g/mol. The summed E-state index contributed by atoms with van der Waals surface area (Å²) in [5.41, 5.74) is 2.40. The molecule has 4 heteroatoms. The zero-order valence-corrected chi connectivity index (χ0v) is 9.93. The number of para-hydroxylation sites is 1. The number of hydrogen-bond acceptors (Lipinski definition) is 3. The van der Waals surface area contributed by atoms with Gasteiger partial charge in [-0.25, -0.2) is 5.10 Å². The zero-order valence-electron chi connectivity index (χ0n) is 9.93. The van der Waals surface area contributed by atoms with E-state index in [-0.39, 0.29) is 5.56 Å². The largest absolute Gasteiger partial charge is 0.454 e. The minimum absolute atomic E-state index is 0.215. The van der Waals surface area contributed by atoms with Gasteiger partial charge in [-0.1, -0.05) is 25.1 Å². The molecule has 0 aliphatic rings. The second kappa shape index (κ2) is 4.14. The van der Waals surface area contributed by atoms with E-state index < -0.39 is 0 Å². The number of hydrogen-bond donors (Lipinski definition) is 1. The van der Waals surface area contributed by atoms with Crippen LogP contribution in [0.25, 0.3) is 22.4 Å². The molecule has 0 unspecified atom stereocenters. The third kappa shape index (κ3) is 1.62. The quantitative estimate of drug-likeness (QED) is 0.749. The molecule has 2 aromatic heterocycles. The fraction of sp³-hybridized carbons (Fsp3) is 0.143. The molecule has 0 fully saturated rings. The van der Waals surface area contributed by atoms with E-state index in [2.05, 4.69) is 17.1 Å². The molecule has 3 aromatic rings. The van der Waals surface area contributed by atoms with Crippen molar-refractivity contribution >= 4 is 11.0 Å². The molecule has 2 heterocycles. The Labute approximate surface area is 103 Å². The average Bonchev–Trinajstić information content (AvgIpc) is 2.78. The van der Waals surface area contributed by atoms with Crippen molar-refractivity contribution in [1.82, 2.24) is 10.2 Å². The van der Waals surface area contributed by atoms with Gasteiger partial charge in [0.1, 0.15) is 11.3 Å². The van der Waals surface area contributed by atoms with Crippen LogP contribution in [0.3, 0.4) is 0 Å². The normalized spacial score (nSPS) is 10.9. The topological polar surface area (TPSA) is 58.9 Å². The Morgan fingerprint density at radius 3 is 2.78 bits per heavy atom. The van der Waals surface area contributed by atoms with Crippen molar-refractivity contribution < 1.29 is 4.42 Å². The van der Waals surface area contributed by atoms with Gasteiger partial charge < -0.3 is 4.42 Å². The van der Waals surface area contributed by atoms with E-state index in [1.54, 1.807) is 6.07 Å². The second-order valence-electron chi connectivity index (χ2n) is 4.07. The van der Waals surface area contributed by atoms with Crippen molar-refractivity contribution in [2.24, 2.45) is 0 Å². The van der Waals surface area contributed by atoms with Crippen molar-refractivity contribution in [3.8, 4) is 11.5 Å². The Morgan fingerprint density at radius 1 is 1.22 bits per heavy atom. The molecule has 90 valence electrons. The van der Waals surface area contributed by atoms with Crippen LogP contribution in [0.5, 0.6) is 0 Å². The summed E-state index contributed by atoms with van der Waals surface area (Å²) in [5.74, 6) is 0.731. The first-order valence-electron chi connectivity index (χ1n) is 5.86. The number of aryl methyl sites for hydroxylation is 1. The standard InChI is InChI=1S/C14H12N2O2/c1-2-9-10-5-3-4-6-12(10)18-14(9)11-7-8-13(17)16-15-11/h3-8H,2H2,1H3,(H,16,17). The summed E-state index contributed by atoms with van der Waals surface area (Å²) in [7, 11) is 0. The maximum atomic E-state index is 11.0. The summed E-state index contributed by atoms with van der Waals surface area (Å²) in [6.45, 7) is 2.08. The van der Waals surface area contributed by atoms with Crippen LogP contribution in [0.15, 0.2) is 45.6 Å². The molecule has 0 saturated heterocycles. The molecular formula is C14H12N2O2. The highest BCUT2D eigenvalue weighted by atomic mass is 16.3. The first kappa shape index (κ1) is 10.8. The Bertz CT molecular complexity index is 735. The molecule has 3 rings (SSSR count). The first-order valence-corrected chi connectivity index (χ1v) is 5.86. The van der Waals surface area contributed by atoms with Crippen molar-refractivity contribution in [2.45, 2.75) is 13.3 Å². The molecule has 0 atom stereocenters. The number of aromatic nitrogens is 2. The van der Waals surface area contributed by atoms with Crippen LogP contribution in [0.2, 0.25) is 0 Å². The van der Waals surface area contributed by atoms with E-state index in [4.69, 9.17) is 4.42 Å². The molecule has 0 aliphatic carbocycles. The van der Waals surface area contributed by atoms with Crippen LogP contribution in [0, 0.1) is 0 Å². The highest BCUT2D eigenvalue weighted by Crippen LogP contribution is 2.32. The Balaban J connectivity index is 2.28. The third-order valence-corrected chi connectivity index (χ3v) is 2.96. The molecule has 1 aromatic carbocycles. The van der Waals surface area contributed by atoms with E-state index in [1.807, 2.05) is 24.3 Å². The monoisotopic (exact) mass is 240 g/mol. The molecule has 0 amide bonds. The van der Waals surface area contributed by atoms with Gasteiger partial charge in [0.25, 0.3) is 5.56 Å². The van der Waals surface area contributed by atoms with Crippen LogP contribution in [0.4, 0.5) is 0 Å². The predicted octanol–water partition coefficient (Wildman–Crippen LogP) is 2.75. The van der Waals surface area contributed by atoms with Crippen LogP contribution in [0.1, 0.15) is 12.5 Å². The molecule has 4 nitrogen and oxygen atoms in total. The second-order valence-corrected chi connectivity index (χ2v) is 4.07. The molecule has 0 aliphatic heterocycles. The first-order chi connectivity index (χ1) is 8.79. The lowest BCUT2D eigenvalue weighted by Crippen LogP contribution is -2.05. The minimum Gasteiger partial charge on any atom is -0.454 e. The van der Waals surface area contributed by atoms with Crippen molar-refractivity contribution in [2.75, 3.05) is 0 Å². The SMILES string of the molecule is CCc1c(-c2ccc(=O)[nH]n2)oc2ccccc12. The minimum atomic E-state index is -0.215. The fourth-order valence-corrected chi connectivity index (χ4v) is 2.13. The van der Waals surface area contributed by atoms with E-state index in [9.17, 15) is 4.79 Å². The number of furan rings is 1. The number of benzene rings is 1. The van der Waals surface area contributed by atoms with E-state index in [1.165, 1.54) is 6.07 Å². The molecule has 1 N–H and O–H groups in total. The smallest absolute Gasteiger partial charge is 0.264 e. The van der Waals surface area contributed by atoms with Gasteiger partial charge in [-0.05, 0) is 18.6 Å². The fourth-order valence-electron chi connectivity index (χ4n) is 2.13. The zero-order chi connectivity index (χ0) is 12.5. The molecule has 0 radical (unpaired) electrons. The van der Waals surface area contributed by atoms with Gasteiger partial charge in [0.15, 0.2) is 5.76 Å². The number of aromatic amines is 1. The van der Waals surface area contributed by atoms with E-state index in [0.29, 0.717) is 5.69 Å². The summed E-state index contributed by atoms with van der Waals surface area (Å²) in [6.07, 6.45) is 0.854. The maximum absolute atomic E-state index is 11.0. The van der Waals surface area contributed by atoms with Crippen molar-refractivity contribution in [1.29, 1.82) is 0 Å². The molecule has 0 spiro atoms. The average molecular weight is 240 g/mol. The number of fused-ring (bicyclic) bond motifs is 1. The highest BCUT2D eigenvalue weighted by molar-refractivity contribution is 5.87. The Hall–Kier alpha value is -2.36. The van der Waals surface area contributed by atoms with Crippen molar-refractivity contribution in [3.05, 3.63) is 52.3 Å². The summed E-state index contributed by atoms with van der Waals surface area (Å²) < 4.78 is 5.83. The van der Waals surface area contributed by atoms with Gasteiger partial charge in [0.2, 0.25) is 0 Å². The van der Waals surface area contributed by atoms with Crippen LogP contribution in [-0.2, 0) is 6.42 Å². The summed E-state index contributed by atoms with van der Waals surface area (Å²) >= 11 is 0. The third-order valence-electron chi connectivity index (χ3n) is 2.96. The van der Waals surface area contributed by atoms with Crippen LogP contribution < -0.4 is 5.56 Å². The summed E-state index contributed by atoms with van der Waals surface area (Å²) in [6, 6.07) is 11.0. The van der Waals surface area contributed by atoms with Gasteiger partial charge in [0.05, 0.1) is 0 Å². The molecule has 0 saturated carbocycles. The van der Waals surface area contributed by atoms with Gasteiger partial charge in [-0.15, -0.1) is 0 Å². The number of rotatable bonds is 2. The Morgan fingerprint density at radius 2 is 2.06 bits per heavy atom. The predicted molar refractivity (Wildman–Crippen MR) is 69.4 cm³/mol. The van der Waals surface area contributed by atoms with E-state index >= 15 is 0 Å². The van der Waals surface area contributed by atoms with E-state index in [0.717, 1.165) is 28.7 Å².